The van der Waals surface area contributed by atoms with Crippen molar-refractivity contribution in [3.05, 3.63) is 63.4 Å². The monoisotopic (exact) mass is 318 g/mol. The Morgan fingerprint density at radius 3 is 2.37 bits per heavy atom. The third kappa shape index (κ3) is 2.95. The van der Waals surface area contributed by atoms with E-state index in [1.807, 2.05) is 23.2 Å². The normalized spacial score (nSPS) is 11.2. The lowest BCUT2D eigenvalue weighted by atomic mass is 9.93. The maximum Gasteiger partial charge on any atom is 0.126 e. The second kappa shape index (κ2) is 5.70. The quantitative estimate of drug-likeness (QED) is 0.658. The van der Waals surface area contributed by atoms with Crippen LogP contribution in [0.1, 0.15) is 22.3 Å². The van der Waals surface area contributed by atoms with E-state index in [0.29, 0.717) is 5.56 Å². The molecule has 0 saturated carbocycles. The second-order valence-corrected chi connectivity index (χ2v) is 5.33. The maximum atomic E-state index is 13.4. The van der Waals surface area contributed by atoms with E-state index >= 15 is 0 Å². The van der Waals surface area contributed by atoms with Gasteiger partial charge < -0.3 is 0 Å². The Morgan fingerprint density at radius 1 is 1.00 bits per heavy atom. The molecular formula is C17H16BrF. The first-order valence-electron chi connectivity index (χ1n) is 6.17. The third-order valence-corrected chi connectivity index (χ3v) is 3.49. The SMILES string of the molecule is Cc1cc(C)c(/C=C/Br)c(-c2ccc(F)c(C)c2)c1. The number of benzene rings is 2. The molecule has 0 saturated heterocycles. The van der Waals surface area contributed by atoms with Crippen LogP contribution in [-0.4, -0.2) is 0 Å². The molecule has 2 rings (SSSR count). The van der Waals surface area contributed by atoms with E-state index < -0.39 is 0 Å². The van der Waals surface area contributed by atoms with Gasteiger partial charge in [-0.3, -0.25) is 0 Å². The molecule has 19 heavy (non-hydrogen) atoms. The molecule has 0 aromatic heterocycles. The summed E-state index contributed by atoms with van der Waals surface area (Å²) in [5.74, 6) is -0.161. The average Bonchev–Trinajstić information content (AvgIpc) is 2.36. The molecule has 0 nitrogen and oxygen atoms in total. The van der Waals surface area contributed by atoms with Gasteiger partial charge in [-0.25, -0.2) is 4.39 Å². The largest absolute Gasteiger partial charge is 0.207 e. The summed E-state index contributed by atoms with van der Waals surface area (Å²) in [6.45, 7) is 5.96. The maximum absolute atomic E-state index is 13.4. The molecule has 2 aromatic carbocycles. The van der Waals surface area contributed by atoms with Crippen LogP contribution in [0.25, 0.3) is 17.2 Å². The van der Waals surface area contributed by atoms with Crippen LogP contribution in [0.5, 0.6) is 0 Å². The van der Waals surface area contributed by atoms with E-state index in [1.54, 1.807) is 6.92 Å². The van der Waals surface area contributed by atoms with Crippen molar-refractivity contribution in [1.82, 2.24) is 0 Å². The molecule has 0 aliphatic carbocycles. The van der Waals surface area contributed by atoms with Crippen molar-refractivity contribution in [3.63, 3.8) is 0 Å². The van der Waals surface area contributed by atoms with E-state index in [9.17, 15) is 4.39 Å². The highest BCUT2D eigenvalue weighted by atomic mass is 79.9. The zero-order valence-electron chi connectivity index (χ0n) is 11.3. The van der Waals surface area contributed by atoms with Crippen molar-refractivity contribution < 1.29 is 4.39 Å². The lowest BCUT2D eigenvalue weighted by Crippen LogP contribution is -1.91. The van der Waals surface area contributed by atoms with Crippen LogP contribution in [-0.2, 0) is 0 Å². The molecule has 98 valence electrons. The van der Waals surface area contributed by atoms with E-state index in [0.717, 1.165) is 16.7 Å². The van der Waals surface area contributed by atoms with Crippen molar-refractivity contribution in [2.24, 2.45) is 0 Å². The smallest absolute Gasteiger partial charge is 0.126 e. The van der Waals surface area contributed by atoms with Crippen LogP contribution in [0.2, 0.25) is 0 Å². The van der Waals surface area contributed by atoms with Gasteiger partial charge in [0.1, 0.15) is 5.82 Å². The summed E-state index contributed by atoms with van der Waals surface area (Å²) in [7, 11) is 0. The molecule has 0 bridgehead atoms. The Hall–Kier alpha value is -1.41. The molecule has 0 radical (unpaired) electrons. The molecule has 2 heteroatoms. The number of rotatable bonds is 2. The highest BCUT2D eigenvalue weighted by Crippen LogP contribution is 2.30. The molecule has 0 fully saturated rings. The highest BCUT2D eigenvalue weighted by Gasteiger charge is 2.08. The standard InChI is InChI=1S/C17H16BrF/c1-11-8-12(2)15(6-7-18)16(9-11)14-4-5-17(19)13(3)10-14/h4-10H,1-3H3/b7-6+. The predicted octanol–water partition coefficient (Wildman–Crippen LogP) is 5.78. The van der Waals surface area contributed by atoms with Crippen molar-refractivity contribution in [3.8, 4) is 11.1 Å². The molecule has 2 aromatic rings. The zero-order chi connectivity index (χ0) is 14.0. The first-order valence-corrected chi connectivity index (χ1v) is 7.09. The predicted molar refractivity (Wildman–Crippen MR) is 84.0 cm³/mol. The fraction of sp³-hybridized carbons (Fsp3) is 0.176. The summed E-state index contributed by atoms with van der Waals surface area (Å²) in [6, 6.07) is 9.56. The van der Waals surface area contributed by atoms with Crippen LogP contribution in [0.3, 0.4) is 0 Å². The molecule has 0 unspecified atom stereocenters. The molecule has 0 heterocycles. The van der Waals surface area contributed by atoms with Gasteiger partial charge >= 0.3 is 0 Å². The number of aryl methyl sites for hydroxylation is 3. The van der Waals surface area contributed by atoms with Gasteiger partial charge in [0.25, 0.3) is 0 Å². The minimum absolute atomic E-state index is 0.161. The summed E-state index contributed by atoms with van der Waals surface area (Å²) < 4.78 is 13.4. The van der Waals surface area contributed by atoms with Crippen LogP contribution in [0.4, 0.5) is 4.39 Å². The van der Waals surface area contributed by atoms with Gasteiger partial charge in [-0.2, -0.15) is 0 Å². The van der Waals surface area contributed by atoms with E-state index in [-0.39, 0.29) is 5.82 Å². The minimum Gasteiger partial charge on any atom is -0.207 e. The van der Waals surface area contributed by atoms with Crippen molar-refractivity contribution in [2.45, 2.75) is 20.8 Å². The van der Waals surface area contributed by atoms with E-state index in [1.165, 1.54) is 17.2 Å². The Morgan fingerprint density at radius 2 is 1.74 bits per heavy atom. The van der Waals surface area contributed by atoms with Gasteiger partial charge in [0, 0.05) is 0 Å². The Bertz CT molecular complexity index is 642. The summed E-state index contributed by atoms with van der Waals surface area (Å²) >= 11 is 3.33. The number of hydrogen-bond acceptors (Lipinski definition) is 0. The molecular weight excluding hydrogens is 303 g/mol. The fourth-order valence-corrected chi connectivity index (χ4v) is 2.58. The number of halogens is 2. The minimum atomic E-state index is -0.161. The molecule has 0 spiro atoms. The topological polar surface area (TPSA) is 0 Å². The summed E-state index contributed by atoms with van der Waals surface area (Å²) in [5, 5.41) is 0. The molecule has 0 atom stereocenters. The summed E-state index contributed by atoms with van der Waals surface area (Å²) in [5.41, 5.74) is 6.44. The Kier molecular flexibility index (Phi) is 4.20. The summed E-state index contributed by atoms with van der Waals surface area (Å²) in [4.78, 5) is 1.85. The van der Waals surface area contributed by atoms with Crippen LogP contribution in [0.15, 0.2) is 35.3 Å². The Labute approximate surface area is 122 Å². The van der Waals surface area contributed by atoms with Gasteiger partial charge in [-0.1, -0.05) is 39.7 Å². The lowest BCUT2D eigenvalue weighted by molar-refractivity contribution is 0.619. The second-order valence-electron chi connectivity index (χ2n) is 4.80. The molecule has 0 aliphatic rings. The van der Waals surface area contributed by atoms with Gasteiger partial charge in [-0.05, 0) is 71.8 Å². The average molecular weight is 319 g/mol. The van der Waals surface area contributed by atoms with Crippen molar-refractivity contribution in [2.75, 3.05) is 0 Å². The van der Waals surface area contributed by atoms with Crippen molar-refractivity contribution in [1.29, 1.82) is 0 Å². The Balaban J connectivity index is 2.69. The van der Waals surface area contributed by atoms with E-state index in [2.05, 4.69) is 41.9 Å². The first kappa shape index (κ1) is 14.0. The molecule has 0 aliphatic heterocycles. The first-order chi connectivity index (χ1) is 9.02. The van der Waals surface area contributed by atoms with Crippen LogP contribution < -0.4 is 0 Å². The summed E-state index contributed by atoms with van der Waals surface area (Å²) in [6.07, 6.45) is 2.03. The third-order valence-electron chi connectivity index (χ3n) is 3.23. The zero-order valence-corrected chi connectivity index (χ0v) is 12.9. The fourth-order valence-electron chi connectivity index (χ4n) is 2.31. The molecule has 0 N–H and O–H groups in total. The van der Waals surface area contributed by atoms with Gasteiger partial charge in [0.05, 0.1) is 0 Å². The van der Waals surface area contributed by atoms with E-state index in [4.69, 9.17) is 0 Å². The van der Waals surface area contributed by atoms with Gasteiger partial charge in [0.15, 0.2) is 0 Å². The van der Waals surface area contributed by atoms with Crippen LogP contribution in [0, 0.1) is 26.6 Å². The molecule has 0 amide bonds. The van der Waals surface area contributed by atoms with Crippen molar-refractivity contribution >= 4 is 22.0 Å². The van der Waals surface area contributed by atoms with Crippen LogP contribution >= 0.6 is 15.9 Å². The lowest BCUT2D eigenvalue weighted by Gasteiger charge is -2.12. The number of hydrogen-bond donors (Lipinski definition) is 0. The van der Waals surface area contributed by atoms with Gasteiger partial charge in [-0.15, -0.1) is 0 Å². The van der Waals surface area contributed by atoms with Gasteiger partial charge in [0.2, 0.25) is 0 Å². The highest BCUT2D eigenvalue weighted by molar-refractivity contribution is 9.11.